The molecular weight excluding hydrogens is 532 g/mol. The first-order valence-corrected chi connectivity index (χ1v) is 14.7. The molecule has 1 aliphatic rings. The molecule has 4 rings (SSSR count). The SMILES string of the molecule is CC(=O)Oc1ccc(-c2ccc(CCNC(C(=O)OC(C)(C)C)[C@H](O)c3cccnc3)cc2)cc1OC1CCCCC1. The molecule has 1 saturated carbocycles. The zero-order valence-electron chi connectivity index (χ0n) is 25.0. The van der Waals surface area contributed by atoms with Crippen molar-refractivity contribution in [2.24, 2.45) is 0 Å². The van der Waals surface area contributed by atoms with Crippen LogP contribution in [0.4, 0.5) is 0 Å². The molecule has 3 aromatic rings. The van der Waals surface area contributed by atoms with Gasteiger partial charge in [-0.15, -0.1) is 0 Å². The highest BCUT2D eigenvalue weighted by molar-refractivity contribution is 5.77. The van der Waals surface area contributed by atoms with Crippen LogP contribution in [0, 0.1) is 0 Å². The number of esters is 2. The van der Waals surface area contributed by atoms with Gasteiger partial charge in [-0.1, -0.05) is 42.8 Å². The van der Waals surface area contributed by atoms with Gasteiger partial charge in [0.05, 0.1) is 6.10 Å². The van der Waals surface area contributed by atoms with Crippen LogP contribution >= 0.6 is 0 Å². The quantitative estimate of drug-likeness (QED) is 0.213. The average molecular weight is 575 g/mol. The number of benzene rings is 2. The summed E-state index contributed by atoms with van der Waals surface area (Å²) in [5.41, 5.74) is 2.90. The molecule has 1 heterocycles. The van der Waals surface area contributed by atoms with Crippen LogP contribution in [0.25, 0.3) is 11.1 Å². The summed E-state index contributed by atoms with van der Waals surface area (Å²) in [6.07, 6.45) is 8.35. The Hall–Kier alpha value is -3.75. The zero-order valence-corrected chi connectivity index (χ0v) is 25.0. The van der Waals surface area contributed by atoms with Gasteiger partial charge in [0.2, 0.25) is 0 Å². The molecule has 1 unspecified atom stereocenters. The van der Waals surface area contributed by atoms with Crippen LogP contribution in [0.2, 0.25) is 0 Å². The van der Waals surface area contributed by atoms with E-state index in [0.717, 1.165) is 42.4 Å². The molecule has 8 heteroatoms. The number of hydrogen-bond acceptors (Lipinski definition) is 8. The van der Waals surface area contributed by atoms with E-state index < -0.39 is 23.7 Å². The van der Waals surface area contributed by atoms with Crippen LogP contribution in [0.15, 0.2) is 67.0 Å². The van der Waals surface area contributed by atoms with Crippen molar-refractivity contribution in [3.05, 3.63) is 78.1 Å². The molecule has 2 atom stereocenters. The van der Waals surface area contributed by atoms with Gasteiger partial charge in [-0.2, -0.15) is 0 Å². The first kappa shape index (κ1) is 31.2. The van der Waals surface area contributed by atoms with E-state index in [0.29, 0.717) is 30.0 Å². The predicted octanol–water partition coefficient (Wildman–Crippen LogP) is 5.96. The molecule has 2 N–H and O–H groups in total. The fourth-order valence-corrected chi connectivity index (χ4v) is 5.05. The second-order valence-electron chi connectivity index (χ2n) is 11.8. The van der Waals surface area contributed by atoms with Crippen molar-refractivity contribution in [2.75, 3.05) is 6.54 Å². The number of rotatable bonds is 11. The number of hydrogen-bond donors (Lipinski definition) is 2. The fraction of sp³-hybridized carbons (Fsp3) is 0.441. The molecule has 2 aromatic carbocycles. The minimum absolute atomic E-state index is 0.124. The lowest BCUT2D eigenvalue weighted by atomic mass is 9.97. The van der Waals surface area contributed by atoms with Gasteiger partial charge in [-0.25, -0.2) is 0 Å². The van der Waals surface area contributed by atoms with Gasteiger partial charge in [0.15, 0.2) is 11.5 Å². The lowest BCUT2D eigenvalue weighted by Crippen LogP contribution is -2.46. The summed E-state index contributed by atoms with van der Waals surface area (Å²) in [5.74, 6) is 0.129. The number of carbonyl (C=O) groups excluding carboxylic acids is 2. The van der Waals surface area contributed by atoms with Crippen molar-refractivity contribution in [1.82, 2.24) is 10.3 Å². The van der Waals surface area contributed by atoms with Crippen LogP contribution in [0.5, 0.6) is 11.5 Å². The van der Waals surface area contributed by atoms with E-state index in [2.05, 4.69) is 10.3 Å². The maximum Gasteiger partial charge on any atom is 0.326 e. The summed E-state index contributed by atoms with van der Waals surface area (Å²) in [5, 5.41) is 14.2. The highest BCUT2D eigenvalue weighted by Gasteiger charge is 2.32. The number of nitrogens with one attached hydrogen (secondary N) is 1. The number of aliphatic hydroxyl groups excluding tert-OH is 1. The minimum Gasteiger partial charge on any atom is -0.486 e. The highest BCUT2D eigenvalue weighted by atomic mass is 16.6. The lowest BCUT2D eigenvalue weighted by molar-refractivity contribution is -0.160. The number of carbonyl (C=O) groups is 2. The van der Waals surface area contributed by atoms with Crippen LogP contribution in [-0.4, -0.2) is 46.3 Å². The van der Waals surface area contributed by atoms with E-state index in [-0.39, 0.29) is 12.1 Å². The normalized spacial score (nSPS) is 15.5. The molecule has 8 nitrogen and oxygen atoms in total. The van der Waals surface area contributed by atoms with Gasteiger partial charge in [0.1, 0.15) is 17.7 Å². The van der Waals surface area contributed by atoms with Crippen molar-refractivity contribution in [1.29, 1.82) is 0 Å². The van der Waals surface area contributed by atoms with E-state index in [1.165, 1.54) is 13.3 Å². The third-order valence-electron chi connectivity index (χ3n) is 7.11. The fourth-order valence-electron chi connectivity index (χ4n) is 5.05. The number of pyridine rings is 1. The van der Waals surface area contributed by atoms with Gasteiger partial charge in [-0.3, -0.25) is 14.6 Å². The van der Waals surface area contributed by atoms with Crippen LogP contribution < -0.4 is 14.8 Å². The smallest absolute Gasteiger partial charge is 0.326 e. The average Bonchev–Trinajstić information content (AvgIpc) is 2.96. The molecule has 0 aliphatic heterocycles. The summed E-state index contributed by atoms with van der Waals surface area (Å²) in [6.45, 7) is 7.25. The lowest BCUT2D eigenvalue weighted by Gasteiger charge is -2.27. The van der Waals surface area contributed by atoms with E-state index in [1.807, 2.05) is 36.4 Å². The summed E-state index contributed by atoms with van der Waals surface area (Å²) >= 11 is 0. The monoisotopic (exact) mass is 574 g/mol. The molecule has 1 fully saturated rings. The van der Waals surface area contributed by atoms with E-state index >= 15 is 0 Å². The van der Waals surface area contributed by atoms with Crippen molar-refractivity contribution < 1.29 is 28.9 Å². The predicted molar refractivity (Wildman–Crippen MR) is 161 cm³/mol. The number of aliphatic hydroxyl groups is 1. The third kappa shape index (κ3) is 9.13. The van der Waals surface area contributed by atoms with Crippen LogP contribution in [0.1, 0.15) is 77.0 Å². The standard InChI is InChI=1S/C34H42N2O6/c1-23(37)40-29-17-16-26(21-30(29)41-28-10-6-5-7-11-28)25-14-12-24(13-15-25)18-20-36-31(33(39)42-34(2,3)4)32(38)27-9-8-19-35-22-27/h8-9,12-17,19,21-22,28,31-32,36,38H,5-7,10-11,18,20H2,1-4H3/t31?,32-/m1/s1. The Bertz CT molecular complexity index is 1310. The second kappa shape index (κ2) is 14.4. The Morgan fingerprint density at radius 2 is 1.71 bits per heavy atom. The Morgan fingerprint density at radius 3 is 2.36 bits per heavy atom. The van der Waals surface area contributed by atoms with Gasteiger partial charge in [0, 0.05) is 31.4 Å². The summed E-state index contributed by atoms with van der Waals surface area (Å²) in [6, 6.07) is 16.3. The number of ether oxygens (including phenoxy) is 3. The molecule has 0 bridgehead atoms. The molecule has 42 heavy (non-hydrogen) atoms. The Kier molecular flexibility index (Phi) is 10.7. The van der Waals surface area contributed by atoms with Crippen molar-refractivity contribution in [3.8, 4) is 22.6 Å². The molecule has 1 aliphatic carbocycles. The van der Waals surface area contributed by atoms with Crippen molar-refractivity contribution in [2.45, 2.75) is 90.1 Å². The second-order valence-corrected chi connectivity index (χ2v) is 11.8. The van der Waals surface area contributed by atoms with Crippen molar-refractivity contribution >= 4 is 11.9 Å². The molecule has 0 spiro atoms. The maximum atomic E-state index is 13.0. The van der Waals surface area contributed by atoms with Gasteiger partial charge >= 0.3 is 11.9 Å². The topological polar surface area (TPSA) is 107 Å². The first-order chi connectivity index (χ1) is 20.1. The molecule has 0 saturated heterocycles. The number of aromatic nitrogens is 1. The van der Waals surface area contributed by atoms with Crippen molar-refractivity contribution in [3.63, 3.8) is 0 Å². The Labute approximate surface area is 248 Å². The molecule has 0 amide bonds. The summed E-state index contributed by atoms with van der Waals surface area (Å²) in [4.78, 5) is 28.7. The zero-order chi connectivity index (χ0) is 30.1. The van der Waals surface area contributed by atoms with Crippen LogP contribution in [0.3, 0.4) is 0 Å². The first-order valence-electron chi connectivity index (χ1n) is 14.7. The van der Waals surface area contributed by atoms with Crippen LogP contribution in [-0.2, 0) is 20.7 Å². The molecule has 224 valence electrons. The van der Waals surface area contributed by atoms with E-state index in [1.54, 1.807) is 51.4 Å². The summed E-state index contributed by atoms with van der Waals surface area (Å²) < 4.78 is 17.3. The highest BCUT2D eigenvalue weighted by Crippen LogP contribution is 2.35. The van der Waals surface area contributed by atoms with Gasteiger partial charge in [0.25, 0.3) is 0 Å². The molecular formula is C34H42N2O6. The Balaban J connectivity index is 1.43. The third-order valence-corrected chi connectivity index (χ3v) is 7.11. The summed E-state index contributed by atoms with van der Waals surface area (Å²) in [7, 11) is 0. The van der Waals surface area contributed by atoms with Gasteiger partial charge < -0.3 is 24.6 Å². The van der Waals surface area contributed by atoms with E-state index in [9.17, 15) is 14.7 Å². The Morgan fingerprint density at radius 1 is 1.00 bits per heavy atom. The molecule has 0 radical (unpaired) electrons. The number of nitrogens with zero attached hydrogens (tertiary/aromatic N) is 1. The van der Waals surface area contributed by atoms with E-state index in [4.69, 9.17) is 14.2 Å². The maximum absolute atomic E-state index is 13.0. The molecule has 1 aromatic heterocycles. The largest absolute Gasteiger partial charge is 0.486 e. The minimum atomic E-state index is -1.10. The van der Waals surface area contributed by atoms with Gasteiger partial charge in [-0.05, 0) is 87.8 Å².